The molecule has 0 aliphatic heterocycles. The van der Waals surface area contributed by atoms with Gasteiger partial charge in [0.25, 0.3) is 5.56 Å². The van der Waals surface area contributed by atoms with E-state index in [1.807, 2.05) is 6.07 Å². The van der Waals surface area contributed by atoms with Crippen LogP contribution in [0.1, 0.15) is 22.4 Å². The number of nitrogens with one attached hydrogen (secondary N) is 1. The number of likely N-dealkylation sites (N-methyl/N-ethyl adjacent to an activating group) is 1. The van der Waals surface area contributed by atoms with Crippen LogP contribution in [-0.2, 0) is 12.6 Å². The minimum Gasteiger partial charge on any atom is -0.451 e. The highest BCUT2D eigenvalue weighted by atomic mass is 35.5. The van der Waals surface area contributed by atoms with Crippen molar-refractivity contribution in [3.63, 3.8) is 0 Å². The van der Waals surface area contributed by atoms with E-state index in [0.717, 1.165) is 16.9 Å². The van der Waals surface area contributed by atoms with Crippen LogP contribution in [0.4, 0.5) is 18.0 Å². The van der Waals surface area contributed by atoms with Gasteiger partial charge in [0, 0.05) is 49.4 Å². The number of benzene rings is 1. The predicted octanol–water partition coefficient (Wildman–Crippen LogP) is 3.91. The highest BCUT2D eigenvalue weighted by molar-refractivity contribution is 6.30. The predicted molar refractivity (Wildman–Crippen MR) is 131 cm³/mol. The molecule has 14 heteroatoms. The van der Waals surface area contributed by atoms with E-state index in [0.29, 0.717) is 5.39 Å². The van der Waals surface area contributed by atoms with Crippen LogP contribution in [0.25, 0.3) is 11.0 Å². The van der Waals surface area contributed by atoms with Crippen molar-refractivity contribution >= 4 is 28.7 Å². The molecule has 1 aromatic carbocycles. The number of hydrogen-bond acceptors (Lipinski definition) is 7. The molecule has 0 saturated carbocycles. The van der Waals surface area contributed by atoms with Crippen molar-refractivity contribution < 1.29 is 22.7 Å². The Balaban J connectivity index is 1.84. The Morgan fingerprint density at radius 1 is 1.34 bits per heavy atom. The second-order valence-corrected chi connectivity index (χ2v) is 8.57. The Morgan fingerprint density at radius 3 is 2.79 bits per heavy atom. The Kier molecular flexibility index (Phi) is 7.38. The fourth-order valence-corrected chi connectivity index (χ4v) is 4.03. The SMILES string of the molecule is CN(CCN)C(=O)n1nc(Cc2c[nH]c(=O)c(Oc3cc(Cl)cc(C#N)c3)c2C(F)(F)F)c2cccnc21. The number of fused-ring (bicyclic) bond motifs is 1. The number of carbonyl (C=O) groups is 1. The Morgan fingerprint density at radius 2 is 2.11 bits per heavy atom. The Hall–Kier alpha value is -4.41. The molecule has 0 radical (unpaired) electrons. The van der Waals surface area contributed by atoms with Crippen molar-refractivity contribution in [2.45, 2.75) is 12.6 Å². The molecule has 4 rings (SSSR count). The number of H-pyrrole nitrogens is 1. The van der Waals surface area contributed by atoms with Crippen LogP contribution in [0, 0.1) is 11.3 Å². The monoisotopic (exact) mass is 545 g/mol. The summed E-state index contributed by atoms with van der Waals surface area (Å²) in [7, 11) is 1.51. The number of aromatic nitrogens is 4. The summed E-state index contributed by atoms with van der Waals surface area (Å²) in [4.78, 5) is 33.1. The molecule has 4 aromatic rings. The fraction of sp³-hybridized carbons (Fsp3) is 0.208. The number of carbonyl (C=O) groups excluding carboxylic acids is 1. The van der Waals surface area contributed by atoms with Gasteiger partial charge >= 0.3 is 12.2 Å². The molecule has 196 valence electrons. The van der Waals surface area contributed by atoms with Gasteiger partial charge in [0.05, 0.1) is 17.3 Å². The molecule has 0 atom stereocenters. The van der Waals surface area contributed by atoms with Gasteiger partial charge in [-0.3, -0.25) is 4.79 Å². The molecule has 0 unspecified atom stereocenters. The number of ether oxygens (including phenoxy) is 1. The fourth-order valence-electron chi connectivity index (χ4n) is 3.81. The third-order valence-electron chi connectivity index (χ3n) is 5.48. The van der Waals surface area contributed by atoms with Gasteiger partial charge in [-0.1, -0.05) is 11.6 Å². The number of hydrogen-bond donors (Lipinski definition) is 2. The van der Waals surface area contributed by atoms with Crippen LogP contribution in [0.2, 0.25) is 5.02 Å². The summed E-state index contributed by atoms with van der Waals surface area (Å²) >= 11 is 5.93. The summed E-state index contributed by atoms with van der Waals surface area (Å²) in [5, 5.41) is 13.8. The first-order valence-electron chi connectivity index (χ1n) is 11.0. The molecule has 1 amide bonds. The lowest BCUT2D eigenvalue weighted by atomic mass is 10.0. The highest BCUT2D eigenvalue weighted by Gasteiger charge is 2.39. The van der Waals surface area contributed by atoms with Crippen LogP contribution < -0.4 is 16.0 Å². The van der Waals surface area contributed by atoms with Gasteiger partial charge in [-0.25, -0.2) is 9.78 Å². The molecule has 0 saturated heterocycles. The molecule has 38 heavy (non-hydrogen) atoms. The van der Waals surface area contributed by atoms with E-state index < -0.39 is 35.5 Å². The summed E-state index contributed by atoms with van der Waals surface area (Å²) < 4.78 is 49.3. The first-order valence-corrected chi connectivity index (χ1v) is 11.4. The number of amides is 1. The van der Waals surface area contributed by atoms with Crippen molar-refractivity contribution in [3.8, 4) is 17.6 Å². The Bertz CT molecular complexity index is 1630. The molecule has 0 bridgehead atoms. The average Bonchev–Trinajstić information content (AvgIpc) is 3.23. The van der Waals surface area contributed by atoms with Gasteiger partial charge in [-0.2, -0.15) is 28.2 Å². The summed E-state index contributed by atoms with van der Waals surface area (Å²) in [6, 6.07) is 8.01. The lowest BCUT2D eigenvalue weighted by Crippen LogP contribution is -2.35. The summed E-state index contributed by atoms with van der Waals surface area (Å²) in [5.41, 5.74) is 2.96. The zero-order valence-corrected chi connectivity index (χ0v) is 20.5. The lowest BCUT2D eigenvalue weighted by Gasteiger charge is -2.17. The number of pyridine rings is 2. The molecule has 3 N–H and O–H groups in total. The second kappa shape index (κ2) is 10.5. The minimum absolute atomic E-state index is 0.0300. The van der Waals surface area contributed by atoms with Gasteiger partial charge in [0.15, 0.2) is 5.65 Å². The van der Waals surface area contributed by atoms with E-state index in [9.17, 15) is 22.8 Å². The van der Waals surface area contributed by atoms with E-state index in [1.54, 1.807) is 12.1 Å². The maximum atomic E-state index is 14.3. The second-order valence-electron chi connectivity index (χ2n) is 8.14. The number of nitrogens with zero attached hydrogens (tertiary/aromatic N) is 5. The van der Waals surface area contributed by atoms with E-state index in [-0.39, 0.29) is 46.3 Å². The van der Waals surface area contributed by atoms with E-state index in [2.05, 4.69) is 15.1 Å². The van der Waals surface area contributed by atoms with E-state index in [4.69, 9.17) is 27.3 Å². The van der Waals surface area contributed by atoms with Crippen molar-refractivity contribution in [1.82, 2.24) is 24.6 Å². The van der Waals surface area contributed by atoms with Crippen LogP contribution in [0.15, 0.2) is 47.5 Å². The zero-order chi connectivity index (χ0) is 27.6. The normalized spacial score (nSPS) is 11.4. The molecule has 0 aliphatic carbocycles. The van der Waals surface area contributed by atoms with Gasteiger partial charge in [-0.15, -0.1) is 0 Å². The van der Waals surface area contributed by atoms with Crippen molar-refractivity contribution in [2.24, 2.45) is 5.73 Å². The van der Waals surface area contributed by atoms with Gasteiger partial charge in [-0.05, 0) is 35.9 Å². The van der Waals surface area contributed by atoms with Crippen LogP contribution in [0.3, 0.4) is 0 Å². The van der Waals surface area contributed by atoms with Crippen LogP contribution in [-0.4, -0.2) is 50.8 Å². The highest BCUT2D eigenvalue weighted by Crippen LogP contribution is 2.39. The molecule has 0 fully saturated rings. The van der Waals surface area contributed by atoms with Gasteiger partial charge < -0.3 is 20.4 Å². The summed E-state index contributed by atoms with van der Waals surface area (Å²) in [6.07, 6.45) is -3.10. The molecule has 3 aromatic heterocycles. The quantitative estimate of drug-likeness (QED) is 0.374. The number of alkyl halides is 3. The van der Waals surface area contributed by atoms with Gasteiger partial charge in [0.2, 0.25) is 5.75 Å². The first kappa shape index (κ1) is 26.6. The van der Waals surface area contributed by atoms with Crippen molar-refractivity contribution in [3.05, 3.63) is 80.5 Å². The number of aromatic amines is 1. The number of nitrogens with two attached hydrogens (primary N) is 1. The topological polar surface area (TPSA) is 143 Å². The minimum atomic E-state index is -5.01. The van der Waals surface area contributed by atoms with E-state index in [1.165, 1.54) is 30.3 Å². The van der Waals surface area contributed by atoms with Crippen LogP contribution >= 0.6 is 11.6 Å². The number of rotatable bonds is 6. The number of halogens is 4. The van der Waals surface area contributed by atoms with E-state index >= 15 is 0 Å². The number of nitriles is 1. The molecule has 3 heterocycles. The molecular weight excluding hydrogens is 527 g/mol. The first-order chi connectivity index (χ1) is 18.0. The Labute approximate surface area is 218 Å². The van der Waals surface area contributed by atoms with Gasteiger partial charge in [0.1, 0.15) is 11.3 Å². The third kappa shape index (κ3) is 5.31. The maximum absolute atomic E-state index is 14.3. The summed E-state index contributed by atoms with van der Waals surface area (Å²) in [5.74, 6) is -1.25. The zero-order valence-electron chi connectivity index (χ0n) is 19.7. The summed E-state index contributed by atoms with van der Waals surface area (Å²) in [6.45, 7) is 0.414. The third-order valence-corrected chi connectivity index (χ3v) is 5.70. The average molecular weight is 546 g/mol. The molecule has 10 nitrogen and oxygen atoms in total. The van der Waals surface area contributed by atoms with Crippen molar-refractivity contribution in [1.29, 1.82) is 5.26 Å². The molecule has 0 spiro atoms. The molecular formula is C24H19ClF3N7O3. The van der Waals surface area contributed by atoms with Crippen molar-refractivity contribution in [2.75, 3.05) is 20.1 Å². The standard InChI is InChI=1S/C24H19ClF3N7O3/c1-34(6-4-29)23(37)35-21-17(3-2-5-31-21)18(33-35)9-14-12-32-22(36)20(19(14)24(26,27)28)38-16-8-13(11-30)7-15(25)10-16/h2-3,5,7-8,10,12H,4,6,9,29H2,1H3,(H,32,36). The molecule has 0 aliphatic rings. The largest absolute Gasteiger partial charge is 0.451 e. The van der Waals surface area contributed by atoms with Crippen LogP contribution in [0.5, 0.6) is 11.5 Å². The maximum Gasteiger partial charge on any atom is 0.420 e. The smallest absolute Gasteiger partial charge is 0.420 e. The lowest BCUT2D eigenvalue weighted by molar-refractivity contribution is -0.139.